The minimum absolute atomic E-state index is 0.0318. The van der Waals surface area contributed by atoms with Crippen LogP contribution in [0.1, 0.15) is 69.1 Å². The number of allylic oxidation sites excluding steroid dienone is 2. The topological polar surface area (TPSA) is 98.1 Å². The van der Waals surface area contributed by atoms with E-state index in [-0.39, 0.29) is 24.7 Å². The van der Waals surface area contributed by atoms with E-state index in [0.717, 1.165) is 10.0 Å². The van der Waals surface area contributed by atoms with Crippen molar-refractivity contribution in [1.29, 1.82) is 0 Å². The lowest BCUT2D eigenvalue weighted by atomic mass is 9.67. The minimum atomic E-state index is -5.18. The fraction of sp³-hybridized carbons (Fsp3) is 0.455. The molecule has 2 amide bonds. The highest BCUT2D eigenvalue weighted by Crippen LogP contribution is 2.49. The lowest BCUT2D eigenvalue weighted by molar-refractivity contribution is -0.143. The largest absolute Gasteiger partial charge is 0.507 e. The highest BCUT2D eigenvalue weighted by Gasteiger charge is 2.55. The predicted molar refractivity (Wildman–Crippen MR) is 162 cm³/mol. The first-order valence-electron chi connectivity index (χ1n) is 14.9. The zero-order chi connectivity index (χ0) is 34.1. The third kappa shape index (κ3) is 7.36. The number of fused-ring (bicyclic) bond motifs is 1. The third-order valence-electron chi connectivity index (χ3n) is 8.66. The molecule has 3 N–H and O–H groups in total. The second-order valence-corrected chi connectivity index (χ2v) is 12.5. The van der Waals surface area contributed by atoms with Gasteiger partial charge in [-0.3, -0.25) is 9.59 Å². The first-order chi connectivity index (χ1) is 21.5. The van der Waals surface area contributed by atoms with Crippen LogP contribution in [0.3, 0.4) is 0 Å². The summed E-state index contributed by atoms with van der Waals surface area (Å²) in [4.78, 5) is 27.7. The average molecular weight is 719 g/mol. The molecule has 13 heteroatoms. The zero-order valence-corrected chi connectivity index (χ0v) is 26.6. The van der Waals surface area contributed by atoms with Gasteiger partial charge in [0.1, 0.15) is 5.75 Å². The summed E-state index contributed by atoms with van der Waals surface area (Å²) in [6.07, 6.45) is -7.64. The molecule has 1 aliphatic heterocycles. The molecule has 1 aliphatic carbocycles. The number of aliphatic hydroxyl groups is 2. The molecular formula is C33H34BrF6NO5. The number of hydrogen-bond acceptors (Lipinski definition) is 5. The number of hydrogen-bond donors (Lipinski definition) is 3. The predicted octanol–water partition coefficient (Wildman–Crippen LogP) is 8.04. The molecule has 0 radical (unpaired) electrons. The molecule has 46 heavy (non-hydrogen) atoms. The number of alkyl halides is 6. The van der Waals surface area contributed by atoms with Crippen LogP contribution in [0.25, 0.3) is 6.08 Å². The average Bonchev–Trinajstić information content (AvgIpc) is 3.23. The number of imide groups is 1. The SMILES string of the molecule is CCCC1=C([C@H](O)CC/C(=C/c2cc(Br)ccc2O)CC)[C@H](CO)[C@@H]2C(=O)N(c3cc(C(F)(F)F)cc(C(F)(F)F)c3)C(=O)[C@@H]2C1. The number of anilines is 1. The molecule has 0 aromatic heterocycles. The van der Waals surface area contributed by atoms with Gasteiger partial charge in [-0.15, -0.1) is 0 Å². The number of rotatable bonds is 10. The van der Waals surface area contributed by atoms with E-state index < -0.39 is 71.4 Å². The van der Waals surface area contributed by atoms with Gasteiger partial charge in [-0.25, -0.2) is 4.90 Å². The molecule has 2 aliphatic rings. The maximum atomic E-state index is 13.7. The van der Waals surface area contributed by atoms with Crippen LogP contribution in [0.15, 0.2) is 57.6 Å². The van der Waals surface area contributed by atoms with Crippen molar-refractivity contribution >= 4 is 39.5 Å². The smallest absolute Gasteiger partial charge is 0.416 e. The van der Waals surface area contributed by atoms with Crippen LogP contribution < -0.4 is 4.90 Å². The summed E-state index contributed by atoms with van der Waals surface area (Å²) in [5, 5.41) is 32.2. The van der Waals surface area contributed by atoms with Crippen LogP contribution in [0.2, 0.25) is 0 Å². The number of amides is 2. The van der Waals surface area contributed by atoms with E-state index in [0.29, 0.717) is 59.4 Å². The number of carbonyl (C=O) groups is 2. The Morgan fingerprint density at radius 1 is 1.02 bits per heavy atom. The summed E-state index contributed by atoms with van der Waals surface area (Å²) < 4.78 is 82.2. The molecule has 4 atom stereocenters. The summed E-state index contributed by atoms with van der Waals surface area (Å²) in [5.41, 5.74) is -1.72. The highest BCUT2D eigenvalue weighted by atomic mass is 79.9. The number of phenols is 1. The van der Waals surface area contributed by atoms with Gasteiger partial charge in [0.05, 0.1) is 41.4 Å². The van der Waals surface area contributed by atoms with Gasteiger partial charge in [-0.1, -0.05) is 53.4 Å². The fourth-order valence-corrected chi connectivity index (χ4v) is 6.89. The monoisotopic (exact) mass is 717 g/mol. The van der Waals surface area contributed by atoms with Gasteiger partial charge < -0.3 is 15.3 Å². The van der Waals surface area contributed by atoms with Gasteiger partial charge in [-0.2, -0.15) is 26.3 Å². The molecule has 2 aromatic carbocycles. The first-order valence-corrected chi connectivity index (χ1v) is 15.7. The van der Waals surface area contributed by atoms with E-state index in [4.69, 9.17) is 0 Å². The molecule has 1 fully saturated rings. The fourth-order valence-electron chi connectivity index (χ4n) is 6.51. The molecule has 0 saturated carbocycles. The normalized spacial score (nSPS) is 21.7. The van der Waals surface area contributed by atoms with Crippen molar-refractivity contribution in [3.63, 3.8) is 0 Å². The summed E-state index contributed by atoms with van der Waals surface area (Å²) in [6, 6.07) is 5.57. The summed E-state index contributed by atoms with van der Waals surface area (Å²) in [6.45, 7) is 3.09. The van der Waals surface area contributed by atoms with E-state index in [1.165, 1.54) is 6.07 Å². The van der Waals surface area contributed by atoms with Crippen molar-refractivity contribution in [3.05, 3.63) is 74.3 Å². The Morgan fingerprint density at radius 2 is 1.65 bits per heavy atom. The van der Waals surface area contributed by atoms with Crippen LogP contribution in [-0.2, 0) is 21.9 Å². The Morgan fingerprint density at radius 3 is 2.20 bits per heavy atom. The number of phenolic OH excluding ortho intramolecular Hbond substituents is 1. The number of aliphatic hydroxyl groups excluding tert-OH is 2. The van der Waals surface area contributed by atoms with Gasteiger partial charge >= 0.3 is 12.4 Å². The Balaban J connectivity index is 1.68. The Bertz CT molecular complexity index is 1520. The van der Waals surface area contributed by atoms with Crippen LogP contribution >= 0.6 is 15.9 Å². The van der Waals surface area contributed by atoms with Crippen molar-refractivity contribution in [2.24, 2.45) is 17.8 Å². The van der Waals surface area contributed by atoms with E-state index >= 15 is 0 Å². The van der Waals surface area contributed by atoms with Gasteiger partial charge in [0.15, 0.2) is 0 Å². The number of carbonyl (C=O) groups excluding carboxylic acids is 2. The lowest BCUT2D eigenvalue weighted by Crippen LogP contribution is -2.39. The van der Waals surface area contributed by atoms with Crippen molar-refractivity contribution < 1.29 is 51.3 Å². The highest BCUT2D eigenvalue weighted by molar-refractivity contribution is 9.10. The number of aromatic hydroxyl groups is 1. The second-order valence-electron chi connectivity index (χ2n) is 11.6. The molecule has 0 bridgehead atoms. The van der Waals surface area contributed by atoms with Crippen molar-refractivity contribution in [3.8, 4) is 5.75 Å². The molecule has 6 nitrogen and oxygen atoms in total. The van der Waals surface area contributed by atoms with Crippen molar-refractivity contribution in [2.75, 3.05) is 11.5 Å². The minimum Gasteiger partial charge on any atom is -0.507 e. The van der Waals surface area contributed by atoms with Crippen LogP contribution in [0, 0.1) is 17.8 Å². The zero-order valence-electron chi connectivity index (χ0n) is 25.1. The van der Waals surface area contributed by atoms with Crippen molar-refractivity contribution in [2.45, 2.75) is 70.8 Å². The van der Waals surface area contributed by atoms with E-state index in [9.17, 15) is 51.3 Å². The quantitative estimate of drug-likeness (QED) is 0.131. The maximum absolute atomic E-state index is 13.7. The molecule has 1 saturated heterocycles. The molecule has 4 rings (SSSR count). The number of benzene rings is 2. The van der Waals surface area contributed by atoms with Crippen LogP contribution in [-0.4, -0.2) is 39.8 Å². The van der Waals surface area contributed by atoms with Crippen molar-refractivity contribution in [1.82, 2.24) is 0 Å². The molecule has 250 valence electrons. The molecule has 0 spiro atoms. The summed E-state index contributed by atoms with van der Waals surface area (Å²) in [7, 11) is 0. The van der Waals surface area contributed by atoms with Crippen LogP contribution in [0.5, 0.6) is 5.75 Å². The Kier molecular flexibility index (Phi) is 10.8. The first kappa shape index (κ1) is 35.7. The number of halogens is 7. The summed E-state index contributed by atoms with van der Waals surface area (Å²) >= 11 is 3.37. The molecular weight excluding hydrogens is 684 g/mol. The van der Waals surface area contributed by atoms with E-state index in [1.54, 1.807) is 18.2 Å². The van der Waals surface area contributed by atoms with Gasteiger partial charge in [-0.05, 0) is 74.1 Å². The second kappa shape index (κ2) is 13.9. The molecule has 1 heterocycles. The number of nitrogens with zero attached hydrogens (tertiary/aromatic N) is 1. The molecule has 0 unspecified atom stereocenters. The van der Waals surface area contributed by atoms with Crippen LogP contribution in [0.4, 0.5) is 32.0 Å². The lowest BCUT2D eigenvalue weighted by Gasteiger charge is -2.36. The van der Waals surface area contributed by atoms with Gasteiger partial charge in [0, 0.05) is 16.0 Å². The Labute approximate surface area is 270 Å². The molecule has 2 aromatic rings. The Hall–Kier alpha value is -3.16. The van der Waals surface area contributed by atoms with E-state index in [1.807, 2.05) is 13.8 Å². The van der Waals surface area contributed by atoms with Gasteiger partial charge in [0.25, 0.3) is 0 Å². The van der Waals surface area contributed by atoms with Gasteiger partial charge in [0.2, 0.25) is 11.8 Å². The summed E-state index contributed by atoms with van der Waals surface area (Å²) in [5.74, 6) is -5.40. The standard InChI is InChI=1S/C33H34BrF6NO5/c1-3-5-18-12-24-29(31(46)41(30(24)45)23-14-20(32(35,36)37)13-21(15-23)33(38,39)40)25(16-42)28(18)27(44)8-6-17(4-2)10-19-11-22(34)7-9-26(19)43/h7,9-11,13-15,24-25,27,29,42-44H,3-6,8,12,16H2,1-2H3/b17-10+/t24-,25+,27-,29-/m1/s1. The van der Waals surface area contributed by atoms with E-state index in [2.05, 4.69) is 15.9 Å². The third-order valence-corrected chi connectivity index (χ3v) is 9.16. The maximum Gasteiger partial charge on any atom is 0.416 e.